The molecule has 0 aromatic rings. The zero-order chi connectivity index (χ0) is 12.4. The Morgan fingerprint density at radius 2 is 1.75 bits per heavy atom. The van der Waals surface area contributed by atoms with Crippen LogP contribution in [0.3, 0.4) is 0 Å². The minimum Gasteiger partial charge on any atom is -0.480 e. The highest BCUT2D eigenvalue weighted by Crippen LogP contribution is 2.20. The largest absolute Gasteiger partial charge is 0.480 e. The Balaban J connectivity index is 4.30. The normalized spacial score (nSPS) is 11.7. The molecule has 0 radical (unpaired) electrons. The van der Waals surface area contributed by atoms with Crippen molar-refractivity contribution in [1.29, 1.82) is 0 Å². The highest BCUT2D eigenvalue weighted by Gasteiger charge is 2.35. The number of rotatable bonds is 10. The van der Waals surface area contributed by atoms with E-state index in [-0.39, 0.29) is 0 Å². The summed E-state index contributed by atoms with van der Waals surface area (Å²) in [6, 6.07) is 0. The molecule has 0 amide bonds. The van der Waals surface area contributed by atoms with Crippen LogP contribution in [-0.4, -0.2) is 36.8 Å². The first kappa shape index (κ1) is 15.4. The van der Waals surface area contributed by atoms with Crippen LogP contribution in [0.15, 0.2) is 0 Å². The minimum atomic E-state index is -0.711. The molecule has 0 unspecified atom stereocenters. The molecular formula is C12H26N2O2. The van der Waals surface area contributed by atoms with Gasteiger partial charge in [-0.25, -0.2) is 0 Å². The number of carboxylic acids is 1. The maximum atomic E-state index is 11.4. The van der Waals surface area contributed by atoms with Crippen LogP contribution in [0.25, 0.3) is 0 Å². The van der Waals surface area contributed by atoms with Gasteiger partial charge in [0.1, 0.15) is 5.54 Å². The molecule has 0 aromatic heterocycles. The zero-order valence-electron chi connectivity index (χ0n) is 10.8. The summed E-state index contributed by atoms with van der Waals surface area (Å²) in [6.45, 7) is 5.74. The first-order valence-corrected chi connectivity index (χ1v) is 6.26. The number of hydrogen-bond donors (Lipinski definition) is 3. The second-order valence-electron chi connectivity index (χ2n) is 4.27. The first-order chi connectivity index (χ1) is 7.63. The van der Waals surface area contributed by atoms with E-state index in [0.717, 1.165) is 32.4 Å². The predicted molar refractivity (Wildman–Crippen MR) is 66.7 cm³/mol. The van der Waals surface area contributed by atoms with Crippen LogP contribution < -0.4 is 10.6 Å². The minimum absolute atomic E-state index is 0.704. The zero-order valence-corrected chi connectivity index (χ0v) is 10.8. The lowest BCUT2D eigenvalue weighted by molar-refractivity contribution is -0.145. The standard InChI is InChI=1S/C12H26N2O2/c1-4-7-12(8-5-2,11(15)16)14-10-6-9-13-3/h13-14H,4-10H2,1-3H3,(H,15,16). The number of aliphatic carboxylic acids is 1. The van der Waals surface area contributed by atoms with E-state index in [1.165, 1.54) is 0 Å². The summed E-state index contributed by atoms with van der Waals surface area (Å²) in [5.74, 6) is -0.708. The quantitative estimate of drug-likeness (QED) is 0.499. The Morgan fingerprint density at radius 3 is 2.12 bits per heavy atom. The van der Waals surface area contributed by atoms with Gasteiger partial charge in [-0.05, 0) is 39.4 Å². The fourth-order valence-electron chi connectivity index (χ4n) is 2.04. The topological polar surface area (TPSA) is 61.4 Å². The van der Waals surface area contributed by atoms with Gasteiger partial charge in [-0.3, -0.25) is 4.79 Å². The van der Waals surface area contributed by atoms with E-state index in [2.05, 4.69) is 10.6 Å². The molecule has 4 nitrogen and oxygen atoms in total. The summed E-state index contributed by atoms with van der Waals surface area (Å²) >= 11 is 0. The average molecular weight is 230 g/mol. The van der Waals surface area contributed by atoms with Gasteiger partial charge in [0.15, 0.2) is 0 Å². The van der Waals surface area contributed by atoms with Crippen molar-refractivity contribution < 1.29 is 9.90 Å². The maximum absolute atomic E-state index is 11.4. The molecule has 0 bridgehead atoms. The summed E-state index contributed by atoms with van der Waals surface area (Å²) < 4.78 is 0. The molecular weight excluding hydrogens is 204 g/mol. The van der Waals surface area contributed by atoms with Gasteiger partial charge in [-0.2, -0.15) is 0 Å². The van der Waals surface area contributed by atoms with Gasteiger partial charge in [0.25, 0.3) is 0 Å². The van der Waals surface area contributed by atoms with E-state index in [1.54, 1.807) is 0 Å². The maximum Gasteiger partial charge on any atom is 0.323 e. The SMILES string of the molecule is CCCC(CCC)(NCCCNC)C(=O)O. The highest BCUT2D eigenvalue weighted by atomic mass is 16.4. The molecule has 0 aliphatic heterocycles. The lowest BCUT2D eigenvalue weighted by atomic mass is 9.88. The molecule has 96 valence electrons. The summed E-state index contributed by atoms with van der Waals surface area (Å²) in [7, 11) is 1.91. The molecule has 0 atom stereocenters. The van der Waals surface area contributed by atoms with Gasteiger partial charge in [0.05, 0.1) is 0 Å². The summed E-state index contributed by atoms with van der Waals surface area (Å²) in [5.41, 5.74) is -0.711. The molecule has 4 heteroatoms. The highest BCUT2D eigenvalue weighted by molar-refractivity contribution is 5.78. The van der Waals surface area contributed by atoms with Crippen molar-refractivity contribution in [2.24, 2.45) is 0 Å². The molecule has 0 saturated carbocycles. The van der Waals surface area contributed by atoms with Gasteiger partial charge < -0.3 is 15.7 Å². The van der Waals surface area contributed by atoms with E-state index in [0.29, 0.717) is 12.8 Å². The molecule has 3 N–H and O–H groups in total. The van der Waals surface area contributed by atoms with Gasteiger partial charge >= 0.3 is 5.97 Å². The van der Waals surface area contributed by atoms with E-state index in [1.807, 2.05) is 20.9 Å². The van der Waals surface area contributed by atoms with Crippen LogP contribution in [-0.2, 0) is 4.79 Å². The van der Waals surface area contributed by atoms with Gasteiger partial charge in [-0.1, -0.05) is 26.7 Å². The fourth-order valence-corrected chi connectivity index (χ4v) is 2.04. The Hall–Kier alpha value is -0.610. The van der Waals surface area contributed by atoms with Crippen molar-refractivity contribution in [2.75, 3.05) is 20.1 Å². The Morgan fingerprint density at radius 1 is 1.19 bits per heavy atom. The second-order valence-corrected chi connectivity index (χ2v) is 4.27. The van der Waals surface area contributed by atoms with Crippen LogP contribution in [0.2, 0.25) is 0 Å². The third-order valence-electron chi connectivity index (χ3n) is 2.83. The summed E-state index contributed by atoms with van der Waals surface area (Å²) in [5, 5.41) is 15.7. The molecule has 0 aliphatic carbocycles. The molecule has 0 aromatic carbocycles. The van der Waals surface area contributed by atoms with Crippen LogP contribution in [0, 0.1) is 0 Å². The van der Waals surface area contributed by atoms with Gasteiger partial charge in [-0.15, -0.1) is 0 Å². The predicted octanol–water partition coefficient (Wildman–Crippen LogP) is 1.61. The van der Waals surface area contributed by atoms with Crippen molar-refractivity contribution in [3.63, 3.8) is 0 Å². The molecule has 0 heterocycles. The third-order valence-corrected chi connectivity index (χ3v) is 2.83. The lowest BCUT2D eigenvalue weighted by Crippen LogP contribution is -2.52. The molecule has 0 spiro atoms. The summed E-state index contributed by atoms with van der Waals surface area (Å²) in [4.78, 5) is 11.4. The molecule has 16 heavy (non-hydrogen) atoms. The van der Waals surface area contributed by atoms with Gasteiger partial charge in [0, 0.05) is 0 Å². The Kier molecular flexibility index (Phi) is 8.21. The molecule has 0 aliphatic rings. The third kappa shape index (κ3) is 4.94. The number of nitrogens with one attached hydrogen (secondary N) is 2. The van der Waals surface area contributed by atoms with E-state index in [4.69, 9.17) is 0 Å². The molecule has 0 rings (SSSR count). The number of hydrogen-bond acceptors (Lipinski definition) is 3. The summed E-state index contributed by atoms with van der Waals surface area (Å²) in [6.07, 6.45) is 4.15. The second kappa shape index (κ2) is 8.53. The van der Waals surface area contributed by atoms with Crippen LogP contribution in [0.4, 0.5) is 0 Å². The van der Waals surface area contributed by atoms with Gasteiger partial charge in [0.2, 0.25) is 0 Å². The number of carbonyl (C=O) groups is 1. The number of carboxylic acid groups (broad SMARTS) is 1. The van der Waals surface area contributed by atoms with E-state index < -0.39 is 11.5 Å². The van der Waals surface area contributed by atoms with E-state index in [9.17, 15) is 9.90 Å². The van der Waals surface area contributed by atoms with Crippen LogP contribution >= 0.6 is 0 Å². The van der Waals surface area contributed by atoms with Crippen molar-refractivity contribution >= 4 is 5.97 Å². The average Bonchev–Trinajstić information content (AvgIpc) is 2.24. The fraction of sp³-hybridized carbons (Fsp3) is 0.917. The van der Waals surface area contributed by atoms with Crippen molar-refractivity contribution in [3.8, 4) is 0 Å². The molecule has 0 fully saturated rings. The lowest BCUT2D eigenvalue weighted by Gasteiger charge is -2.30. The Labute approximate surface area is 98.8 Å². The monoisotopic (exact) mass is 230 g/mol. The van der Waals surface area contributed by atoms with E-state index >= 15 is 0 Å². The van der Waals surface area contributed by atoms with Crippen LogP contribution in [0.5, 0.6) is 0 Å². The molecule has 0 saturated heterocycles. The van der Waals surface area contributed by atoms with Crippen molar-refractivity contribution in [3.05, 3.63) is 0 Å². The van der Waals surface area contributed by atoms with Crippen molar-refractivity contribution in [2.45, 2.75) is 51.5 Å². The first-order valence-electron chi connectivity index (χ1n) is 6.26. The van der Waals surface area contributed by atoms with Crippen LogP contribution in [0.1, 0.15) is 46.0 Å². The smallest absolute Gasteiger partial charge is 0.323 e. The van der Waals surface area contributed by atoms with Crippen molar-refractivity contribution in [1.82, 2.24) is 10.6 Å². The Bertz CT molecular complexity index is 189.